The quantitative estimate of drug-likeness (QED) is 0.429. The summed E-state index contributed by atoms with van der Waals surface area (Å²) in [6.45, 7) is 0. The molecule has 1 aromatic heterocycles. The molecule has 0 aliphatic rings. The predicted molar refractivity (Wildman–Crippen MR) is 49.6 cm³/mol. The van der Waals surface area contributed by atoms with Crippen LogP contribution < -0.4 is 5.73 Å². The first-order valence-electron chi connectivity index (χ1n) is 3.38. The Morgan fingerprint density at radius 2 is 2.00 bits per heavy atom. The minimum Gasteiger partial charge on any atom is -0.504 e. The Bertz CT molecular complexity index is 436. The molecule has 0 amide bonds. The molecule has 4 heteroatoms. The summed E-state index contributed by atoms with van der Waals surface area (Å²) in [4.78, 5) is 0. The van der Waals surface area contributed by atoms with Gasteiger partial charge in [0.25, 0.3) is 0 Å². The number of thiophene rings is 1. The van der Waals surface area contributed by atoms with E-state index in [1.54, 1.807) is 12.1 Å². The van der Waals surface area contributed by atoms with Gasteiger partial charge in [-0.3, -0.25) is 0 Å². The second kappa shape index (κ2) is 2.28. The van der Waals surface area contributed by atoms with Gasteiger partial charge in [-0.05, 0) is 17.5 Å². The number of phenolic OH excluding ortho intramolecular Hbond substituents is 2. The van der Waals surface area contributed by atoms with Crippen molar-refractivity contribution in [3.63, 3.8) is 0 Å². The Morgan fingerprint density at radius 3 is 2.75 bits per heavy atom. The van der Waals surface area contributed by atoms with Gasteiger partial charge in [-0.1, -0.05) is 0 Å². The Hall–Kier alpha value is -1.42. The second-order valence-electron chi connectivity index (χ2n) is 2.50. The molecule has 0 fully saturated rings. The van der Waals surface area contributed by atoms with Crippen LogP contribution in [0.2, 0.25) is 0 Å². The van der Waals surface area contributed by atoms with E-state index in [2.05, 4.69) is 0 Å². The first kappa shape index (κ1) is 7.24. The van der Waals surface area contributed by atoms with Crippen LogP contribution in [0.15, 0.2) is 17.5 Å². The fourth-order valence-electron chi connectivity index (χ4n) is 1.10. The van der Waals surface area contributed by atoms with Gasteiger partial charge in [-0.2, -0.15) is 0 Å². The minimum atomic E-state index is -0.235. The first-order valence-corrected chi connectivity index (χ1v) is 4.25. The third kappa shape index (κ3) is 0.816. The highest BCUT2D eigenvalue weighted by molar-refractivity contribution is 7.17. The van der Waals surface area contributed by atoms with Crippen molar-refractivity contribution in [2.24, 2.45) is 0 Å². The molecule has 1 heterocycles. The third-order valence-electron chi connectivity index (χ3n) is 1.73. The zero-order valence-electron chi connectivity index (χ0n) is 6.11. The zero-order valence-corrected chi connectivity index (χ0v) is 6.93. The number of aromatic hydroxyl groups is 2. The van der Waals surface area contributed by atoms with Crippen LogP contribution in [0.5, 0.6) is 11.5 Å². The lowest BCUT2D eigenvalue weighted by Gasteiger charge is -2.01. The van der Waals surface area contributed by atoms with Crippen LogP contribution >= 0.6 is 11.3 Å². The number of nitrogens with two attached hydrogens (primary N) is 1. The number of benzene rings is 1. The van der Waals surface area contributed by atoms with Crippen molar-refractivity contribution < 1.29 is 10.2 Å². The second-order valence-corrected chi connectivity index (χ2v) is 3.44. The average Bonchev–Trinajstić information content (AvgIpc) is 2.48. The van der Waals surface area contributed by atoms with E-state index in [0.29, 0.717) is 5.39 Å². The fraction of sp³-hybridized carbons (Fsp3) is 0. The summed E-state index contributed by atoms with van der Waals surface area (Å²) in [5.74, 6) is -0.368. The molecule has 62 valence electrons. The van der Waals surface area contributed by atoms with Crippen molar-refractivity contribution in [1.82, 2.24) is 0 Å². The van der Waals surface area contributed by atoms with Crippen molar-refractivity contribution in [3.05, 3.63) is 17.5 Å². The normalized spacial score (nSPS) is 10.7. The molecular weight excluding hydrogens is 174 g/mol. The van der Waals surface area contributed by atoms with Gasteiger partial charge in [0.05, 0.1) is 5.69 Å². The lowest BCUT2D eigenvalue weighted by atomic mass is 10.2. The topological polar surface area (TPSA) is 66.5 Å². The van der Waals surface area contributed by atoms with E-state index < -0.39 is 0 Å². The van der Waals surface area contributed by atoms with Crippen molar-refractivity contribution in [2.75, 3.05) is 5.73 Å². The van der Waals surface area contributed by atoms with Crippen LogP contribution in [-0.2, 0) is 0 Å². The largest absolute Gasteiger partial charge is 0.504 e. The van der Waals surface area contributed by atoms with E-state index >= 15 is 0 Å². The number of phenols is 2. The molecule has 4 N–H and O–H groups in total. The predicted octanol–water partition coefficient (Wildman–Crippen LogP) is 1.89. The molecule has 2 rings (SSSR count). The average molecular weight is 181 g/mol. The molecule has 3 nitrogen and oxygen atoms in total. The van der Waals surface area contributed by atoms with Gasteiger partial charge < -0.3 is 15.9 Å². The summed E-state index contributed by atoms with van der Waals surface area (Å²) in [5, 5.41) is 21.1. The molecule has 0 aliphatic heterocycles. The van der Waals surface area contributed by atoms with Gasteiger partial charge in [0.15, 0.2) is 11.5 Å². The lowest BCUT2D eigenvalue weighted by Crippen LogP contribution is -1.84. The highest BCUT2D eigenvalue weighted by Crippen LogP contribution is 2.40. The number of rotatable bonds is 0. The molecule has 2 aromatic rings. The molecule has 0 radical (unpaired) electrons. The third-order valence-corrected chi connectivity index (χ3v) is 2.60. The molecule has 0 bridgehead atoms. The Kier molecular flexibility index (Phi) is 1.38. The number of hydrogen-bond acceptors (Lipinski definition) is 4. The fourth-order valence-corrected chi connectivity index (χ4v) is 1.94. The summed E-state index contributed by atoms with van der Waals surface area (Å²) < 4.78 is 0.878. The Balaban J connectivity index is 2.94. The van der Waals surface area contributed by atoms with Crippen molar-refractivity contribution in [1.29, 1.82) is 0 Å². The highest BCUT2D eigenvalue weighted by Gasteiger charge is 2.09. The van der Waals surface area contributed by atoms with Gasteiger partial charge in [0.2, 0.25) is 0 Å². The number of hydrogen-bond donors (Lipinski definition) is 3. The number of anilines is 1. The molecule has 0 aliphatic carbocycles. The van der Waals surface area contributed by atoms with Crippen LogP contribution in [-0.4, -0.2) is 10.2 Å². The first-order chi connectivity index (χ1) is 5.70. The molecule has 0 spiro atoms. The molecular formula is C8H7NO2S. The minimum absolute atomic E-state index is 0.133. The van der Waals surface area contributed by atoms with E-state index in [1.165, 1.54) is 11.3 Å². The standard InChI is InChI=1S/C8H7NO2S/c9-5-3-6-4(1-2-12-6)7(10)8(5)11/h1-3,10-11H,9H2. The Labute approximate surface area is 72.7 Å². The number of nitrogen functional groups attached to an aromatic ring is 1. The molecule has 1 aromatic carbocycles. The highest BCUT2D eigenvalue weighted by atomic mass is 32.1. The van der Waals surface area contributed by atoms with Crippen LogP contribution in [0.3, 0.4) is 0 Å². The monoisotopic (exact) mass is 181 g/mol. The van der Waals surface area contributed by atoms with Gasteiger partial charge in [0.1, 0.15) is 0 Å². The maximum Gasteiger partial charge on any atom is 0.181 e. The summed E-state index contributed by atoms with van der Waals surface area (Å²) in [6.07, 6.45) is 0. The van der Waals surface area contributed by atoms with Gasteiger partial charge >= 0.3 is 0 Å². The van der Waals surface area contributed by atoms with E-state index in [1.807, 2.05) is 5.38 Å². The SMILES string of the molecule is Nc1cc2sccc2c(O)c1O. The summed E-state index contributed by atoms with van der Waals surface area (Å²) in [6, 6.07) is 3.39. The van der Waals surface area contributed by atoms with Crippen molar-refractivity contribution >= 4 is 27.1 Å². The lowest BCUT2D eigenvalue weighted by molar-refractivity contribution is 0.410. The van der Waals surface area contributed by atoms with Crippen molar-refractivity contribution in [2.45, 2.75) is 0 Å². The van der Waals surface area contributed by atoms with Gasteiger partial charge in [0, 0.05) is 10.1 Å². The van der Waals surface area contributed by atoms with Crippen LogP contribution in [0, 0.1) is 0 Å². The molecule has 0 atom stereocenters. The van der Waals surface area contributed by atoms with Gasteiger partial charge in [-0.15, -0.1) is 11.3 Å². The summed E-state index contributed by atoms with van der Waals surface area (Å²) in [5.41, 5.74) is 5.65. The Morgan fingerprint density at radius 1 is 1.25 bits per heavy atom. The zero-order chi connectivity index (χ0) is 8.72. The summed E-state index contributed by atoms with van der Waals surface area (Å²) >= 11 is 1.47. The maximum atomic E-state index is 9.40. The summed E-state index contributed by atoms with van der Waals surface area (Å²) in [7, 11) is 0. The van der Waals surface area contributed by atoms with E-state index in [4.69, 9.17) is 5.73 Å². The van der Waals surface area contributed by atoms with E-state index in [9.17, 15) is 10.2 Å². The smallest absolute Gasteiger partial charge is 0.181 e. The van der Waals surface area contributed by atoms with Crippen molar-refractivity contribution in [3.8, 4) is 11.5 Å². The maximum absolute atomic E-state index is 9.40. The molecule has 0 unspecified atom stereocenters. The van der Waals surface area contributed by atoms with E-state index in [0.717, 1.165) is 4.70 Å². The van der Waals surface area contributed by atoms with Gasteiger partial charge in [-0.25, -0.2) is 0 Å². The molecule has 0 saturated heterocycles. The number of fused-ring (bicyclic) bond motifs is 1. The van der Waals surface area contributed by atoms with Crippen LogP contribution in [0.4, 0.5) is 5.69 Å². The van der Waals surface area contributed by atoms with Crippen LogP contribution in [0.1, 0.15) is 0 Å². The van der Waals surface area contributed by atoms with E-state index in [-0.39, 0.29) is 17.2 Å². The molecule has 0 saturated carbocycles. The molecule has 12 heavy (non-hydrogen) atoms. The van der Waals surface area contributed by atoms with Crippen LogP contribution in [0.25, 0.3) is 10.1 Å².